The molecule has 0 amide bonds. The van der Waals surface area contributed by atoms with Gasteiger partial charge in [0.05, 0.1) is 0 Å². The SMILES string of the molecule is CCc1cccc(Nc2cc(NN)nc(C)n2)c1. The van der Waals surface area contributed by atoms with Crippen LogP contribution >= 0.6 is 0 Å². The summed E-state index contributed by atoms with van der Waals surface area (Å²) in [4.78, 5) is 8.46. The lowest BCUT2D eigenvalue weighted by Crippen LogP contribution is -2.10. The minimum atomic E-state index is 0.594. The number of nitrogens with two attached hydrogens (primary N) is 1. The van der Waals surface area contributed by atoms with Crippen molar-refractivity contribution in [2.75, 3.05) is 10.7 Å². The first-order valence-corrected chi connectivity index (χ1v) is 5.89. The minimum Gasteiger partial charge on any atom is -0.340 e. The number of rotatable bonds is 4. The summed E-state index contributed by atoms with van der Waals surface area (Å²) in [6.07, 6.45) is 1.01. The zero-order valence-electron chi connectivity index (χ0n) is 10.6. The molecule has 0 radical (unpaired) electrons. The summed E-state index contributed by atoms with van der Waals surface area (Å²) >= 11 is 0. The molecule has 0 saturated heterocycles. The maximum Gasteiger partial charge on any atom is 0.145 e. The molecule has 0 spiro atoms. The van der Waals surface area contributed by atoms with Crippen molar-refractivity contribution in [3.63, 3.8) is 0 Å². The second-order valence-corrected chi connectivity index (χ2v) is 4.01. The Morgan fingerprint density at radius 3 is 2.67 bits per heavy atom. The molecular formula is C13H17N5. The maximum atomic E-state index is 5.36. The van der Waals surface area contributed by atoms with E-state index in [-0.39, 0.29) is 0 Å². The second kappa shape index (κ2) is 5.46. The van der Waals surface area contributed by atoms with Crippen LogP contribution in [0, 0.1) is 6.92 Å². The lowest BCUT2D eigenvalue weighted by atomic mass is 10.1. The van der Waals surface area contributed by atoms with E-state index in [0.717, 1.165) is 17.9 Å². The third kappa shape index (κ3) is 2.95. The summed E-state index contributed by atoms with van der Waals surface area (Å²) in [6.45, 7) is 3.96. The normalized spacial score (nSPS) is 10.2. The van der Waals surface area contributed by atoms with Crippen LogP contribution in [-0.2, 0) is 6.42 Å². The number of nitrogens with one attached hydrogen (secondary N) is 2. The van der Waals surface area contributed by atoms with E-state index in [2.05, 4.69) is 39.8 Å². The van der Waals surface area contributed by atoms with Gasteiger partial charge in [0.1, 0.15) is 17.5 Å². The fourth-order valence-corrected chi connectivity index (χ4v) is 1.72. The summed E-state index contributed by atoms with van der Waals surface area (Å²) in [5, 5.41) is 3.25. The van der Waals surface area contributed by atoms with E-state index in [1.54, 1.807) is 6.07 Å². The van der Waals surface area contributed by atoms with Gasteiger partial charge in [0, 0.05) is 11.8 Å². The quantitative estimate of drug-likeness (QED) is 0.568. The molecule has 2 rings (SSSR count). The van der Waals surface area contributed by atoms with E-state index < -0.39 is 0 Å². The molecule has 1 aromatic heterocycles. The third-order valence-corrected chi connectivity index (χ3v) is 2.59. The molecule has 0 unspecified atom stereocenters. The molecule has 0 aliphatic rings. The summed E-state index contributed by atoms with van der Waals surface area (Å²) in [5.74, 6) is 7.34. The third-order valence-electron chi connectivity index (χ3n) is 2.59. The van der Waals surface area contributed by atoms with Gasteiger partial charge in [-0.3, -0.25) is 0 Å². The van der Waals surface area contributed by atoms with Gasteiger partial charge < -0.3 is 10.7 Å². The van der Waals surface area contributed by atoms with Gasteiger partial charge >= 0.3 is 0 Å². The molecular weight excluding hydrogens is 226 g/mol. The van der Waals surface area contributed by atoms with Gasteiger partial charge in [-0.15, -0.1) is 0 Å². The molecule has 1 aromatic carbocycles. The van der Waals surface area contributed by atoms with Crippen LogP contribution in [0.3, 0.4) is 0 Å². The fraction of sp³-hybridized carbons (Fsp3) is 0.231. The number of aromatic nitrogens is 2. The largest absolute Gasteiger partial charge is 0.340 e. The smallest absolute Gasteiger partial charge is 0.145 e. The Morgan fingerprint density at radius 1 is 1.17 bits per heavy atom. The van der Waals surface area contributed by atoms with Crippen LogP contribution in [0.1, 0.15) is 18.3 Å². The number of hydrogen-bond acceptors (Lipinski definition) is 5. The van der Waals surface area contributed by atoms with Crippen molar-refractivity contribution in [2.45, 2.75) is 20.3 Å². The molecule has 0 saturated carbocycles. The van der Waals surface area contributed by atoms with E-state index in [1.165, 1.54) is 5.56 Å². The minimum absolute atomic E-state index is 0.594. The van der Waals surface area contributed by atoms with Crippen molar-refractivity contribution in [3.05, 3.63) is 41.7 Å². The highest BCUT2D eigenvalue weighted by atomic mass is 15.3. The molecule has 0 aliphatic carbocycles. The monoisotopic (exact) mass is 243 g/mol. The van der Waals surface area contributed by atoms with Crippen LogP contribution in [0.25, 0.3) is 0 Å². The zero-order valence-corrected chi connectivity index (χ0v) is 10.6. The van der Waals surface area contributed by atoms with Crippen molar-refractivity contribution in [2.24, 2.45) is 5.84 Å². The lowest BCUT2D eigenvalue weighted by Gasteiger charge is -2.09. The predicted molar refractivity (Wildman–Crippen MR) is 73.7 cm³/mol. The number of nitrogens with zero attached hydrogens (tertiary/aromatic N) is 2. The van der Waals surface area contributed by atoms with Crippen molar-refractivity contribution >= 4 is 17.3 Å². The average molecular weight is 243 g/mol. The lowest BCUT2D eigenvalue weighted by molar-refractivity contribution is 1.05. The van der Waals surface area contributed by atoms with Crippen LogP contribution < -0.4 is 16.6 Å². The number of nitrogen functional groups attached to an aromatic ring is 1. The predicted octanol–water partition coefficient (Wildman–Crippen LogP) is 2.38. The highest BCUT2D eigenvalue weighted by molar-refractivity contribution is 5.59. The molecule has 1 heterocycles. The van der Waals surface area contributed by atoms with Crippen molar-refractivity contribution < 1.29 is 0 Å². The van der Waals surface area contributed by atoms with Gasteiger partial charge in [-0.1, -0.05) is 19.1 Å². The van der Waals surface area contributed by atoms with Crippen LogP contribution in [-0.4, -0.2) is 9.97 Å². The molecule has 18 heavy (non-hydrogen) atoms. The van der Waals surface area contributed by atoms with Crippen molar-refractivity contribution in [1.29, 1.82) is 0 Å². The number of aryl methyl sites for hydroxylation is 2. The zero-order chi connectivity index (χ0) is 13.0. The van der Waals surface area contributed by atoms with E-state index in [0.29, 0.717) is 11.6 Å². The highest BCUT2D eigenvalue weighted by Crippen LogP contribution is 2.18. The summed E-state index contributed by atoms with van der Waals surface area (Å²) in [7, 11) is 0. The molecule has 94 valence electrons. The van der Waals surface area contributed by atoms with Gasteiger partial charge in [0.2, 0.25) is 0 Å². The van der Waals surface area contributed by atoms with E-state index >= 15 is 0 Å². The van der Waals surface area contributed by atoms with Gasteiger partial charge in [0.15, 0.2) is 0 Å². The summed E-state index contributed by atoms with van der Waals surface area (Å²) in [5.41, 5.74) is 4.82. The maximum absolute atomic E-state index is 5.36. The van der Waals surface area contributed by atoms with E-state index in [9.17, 15) is 0 Å². The first-order valence-electron chi connectivity index (χ1n) is 5.89. The number of benzene rings is 1. The molecule has 5 nitrogen and oxygen atoms in total. The first-order chi connectivity index (χ1) is 8.71. The first kappa shape index (κ1) is 12.3. The fourth-order valence-electron chi connectivity index (χ4n) is 1.72. The van der Waals surface area contributed by atoms with Crippen LogP contribution in [0.5, 0.6) is 0 Å². The van der Waals surface area contributed by atoms with Crippen molar-refractivity contribution in [1.82, 2.24) is 9.97 Å². The Bertz CT molecular complexity index is 539. The topological polar surface area (TPSA) is 75.9 Å². The van der Waals surface area contributed by atoms with Gasteiger partial charge in [-0.25, -0.2) is 15.8 Å². The highest BCUT2D eigenvalue weighted by Gasteiger charge is 2.01. The van der Waals surface area contributed by atoms with Gasteiger partial charge in [-0.05, 0) is 31.0 Å². The molecule has 0 fully saturated rings. The summed E-state index contributed by atoms with van der Waals surface area (Å²) in [6, 6.07) is 10.0. The molecule has 2 aromatic rings. The Morgan fingerprint density at radius 2 is 1.94 bits per heavy atom. The van der Waals surface area contributed by atoms with E-state index in [4.69, 9.17) is 5.84 Å². The van der Waals surface area contributed by atoms with Crippen LogP contribution in [0.2, 0.25) is 0 Å². The average Bonchev–Trinajstić information content (AvgIpc) is 2.38. The Hall–Kier alpha value is -2.14. The standard InChI is InChI=1S/C13H17N5/c1-3-10-5-4-6-11(7-10)17-12-8-13(18-14)16-9(2)15-12/h4-8H,3,14H2,1-2H3,(H2,15,16,17,18). The Kier molecular flexibility index (Phi) is 3.74. The molecule has 0 aliphatic heterocycles. The van der Waals surface area contributed by atoms with Gasteiger partial charge in [-0.2, -0.15) is 0 Å². The van der Waals surface area contributed by atoms with Crippen LogP contribution in [0.4, 0.5) is 17.3 Å². The molecule has 5 heteroatoms. The number of anilines is 3. The number of hydrogen-bond donors (Lipinski definition) is 3. The molecule has 4 N–H and O–H groups in total. The van der Waals surface area contributed by atoms with Gasteiger partial charge in [0.25, 0.3) is 0 Å². The Balaban J connectivity index is 2.24. The Labute approximate surface area is 106 Å². The van der Waals surface area contributed by atoms with Crippen LogP contribution in [0.15, 0.2) is 30.3 Å². The second-order valence-electron chi connectivity index (χ2n) is 4.01. The summed E-state index contributed by atoms with van der Waals surface area (Å²) < 4.78 is 0. The molecule has 0 atom stereocenters. The van der Waals surface area contributed by atoms with E-state index in [1.807, 2.05) is 19.1 Å². The molecule has 0 bridgehead atoms. The number of hydrazine groups is 1. The van der Waals surface area contributed by atoms with Crippen molar-refractivity contribution in [3.8, 4) is 0 Å².